The highest BCUT2D eigenvalue weighted by Crippen LogP contribution is 2.67. The molecule has 1 heterocycles. The van der Waals surface area contributed by atoms with Crippen molar-refractivity contribution in [3.8, 4) is 0 Å². The summed E-state index contributed by atoms with van der Waals surface area (Å²) in [7, 11) is -3.51. The summed E-state index contributed by atoms with van der Waals surface area (Å²) in [5.74, 6) is 1.37. The van der Waals surface area contributed by atoms with Crippen LogP contribution < -0.4 is 4.72 Å². The molecular weight excluding hydrogens is 356 g/mol. The van der Waals surface area contributed by atoms with E-state index in [0.717, 1.165) is 37.4 Å². The average molecular weight is 391 g/mol. The highest BCUT2D eigenvalue weighted by molar-refractivity contribution is 7.89. The lowest BCUT2D eigenvalue weighted by Gasteiger charge is -2.50. The van der Waals surface area contributed by atoms with E-state index in [1.165, 1.54) is 19.3 Å². The predicted molar refractivity (Wildman–Crippen MR) is 109 cm³/mol. The summed E-state index contributed by atoms with van der Waals surface area (Å²) >= 11 is 0. The van der Waals surface area contributed by atoms with E-state index in [2.05, 4.69) is 30.4 Å². The number of aryl methyl sites for hydroxylation is 1. The minimum Gasteiger partial charge on any atom is -0.296 e. The Kier molecular flexibility index (Phi) is 4.72. The standard InChI is InChI=1S/C22H34N2O2S/c1-16-8-10-17(11-9-16)27(25,26)23-20-14-18-19(21(18,2)3)15-22(20,4)24-12-6-5-7-13-24/h8-11,18-20,23H,5-7,12-15H2,1-4H3/t18-,19+,20+,22+/m1/s1. The number of benzene rings is 1. The predicted octanol–water partition coefficient (Wildman–Crippen LogP) is 3.95. The first-order valence-electron chi connectivity index (χ1n) is 10.5. The number of likely N-dealkylation sites (tertiary alicyclic amines) is 1. The summed E-state index contributed by atoms with van der Waals surface area (Å²) in [6, 6.07) is 7.17. The monoisotopic (exact) mass is 390 g/mol. The molecule has 1 aromatic rings. The van der Waals surface area contributed by atoms with Gasteiger partial charge in [0.05, 0.1) is 4.90 Å². The molecule has 27 heavy (non-hydrogen) atoms. The van der Waals surface area contributed by atoms with Gasteiger partial charge in [0.25, 0.3) is 0 Å². The van der Waals surface area contributed by atoms with Gasteiger partial charge < -0.3 is 0 Å². The largest absolute Gasteiger partial charge is 0.296 e. The molecule has 0 bridgehead atoms. The molecule has 3 aliphatic rings. The first-order chi connectivity index (χ1) is 12.6. The van der Waals surface area contributed by atoms with Gasteiger partial charge >= 0.3 is 0 Å². The van der Waals surface area contributed by atoms with Gasteiger partial charge in [-0.15, -0.1) is 0 Å². The van der Waals surface area contributed by atoms with Gasteiger partial charge in [0.15, 0.2) is 0 Å². The Morgan fingerprint density at radius 3 is 2.26 bits per heavy atom. The third-order valence-corrected chi connectivity index (χ3v) is 9.36. The molecule has 0 unspecified atom stereocenters. The summed E-state index contributed by atoms with van der Waals surface area (Å²) in [4.78, 5) is 2.97. The number of fused-ring (bicyclic) bond motifs is 1. The van der Waals surface area contributed by atoms with Gasteiger partial charge in [-0.1, -0.05) is 38.0 Å². The molecule has 0 aromatic heterocycles. The van der Waals surface area contributed by atoms with Crippen LogP contribution in [0.15, 0.2) is 29.2 Å². The normalized spacial score (nSPS) is 36.2. The Labute approximate surface area is 164 Å². The molecule has 0 spiro atoms. The van der Waals surface area contributed by atoms with Crippen molar-refractivity contribution in [3.05, 3.63) is 29.8 Å². The second kappa shape index (κ2) is 6.57. The van der Waals surface area contributed by atoms with Gasteiger partial charge in [0.1, 0.15) is 0 Å². The maximum Gasteiger partial charge on any atom is 0.240 e. The highest BCUT2D eigenvalue weighted by Gasteiger charge is 2.65. The molecule has 1 N–H and O–H groups in total. The van der Waals surface area contributed by atoms with Gasteiger partial charge in [0, 0.05) is 11.6 Å². The zero-order chi connectivity index (χ0) is 19.4. The van der Waals surface area contributed by atoms with E-state index in [1.54, 1.807) is 12.1 Å². The van der Waals surface area contributed by atoms with Crippen molar-refractivity contribution in [1.29, 1.82) is 0 Å². The zero-order valence-corrected chi connectivity index (χ0v) is 18.0. The Bertz CT molecular complexity index is 796. The van der Waals surface area contributed by atoms with Gasteiger partial charge in [-0.25, -0.2) is 13.1 Å². The van der Waals surface area contributed by atoms with Crippen LogP contribution in [0.5, 0.6) is 0 Å². The summed E-state index contributed by atoms with van der Waals surface area (Å²) in [5, 5.41) is 0. The molecule has 5 heteroatoms. The molecule has 1 saturated heterocycles. The van der Waals surface area contributed by atoms with E-state index in [-0.39, 0.29) is 11.6 Å². The van der Waals surface area contributed by atoms with E-state index < -0.39 is 10.0 Å². The quantitative estimate of drug-likeness (QED) is 0.847. The fourth-order valence-electron chi connectivity index (χ4n) is 5.73. The van der Waals surface area contributed by atoms with Crippen LogP contribution >= 0.6 is 0 Å². The summed E-state index contributed by atoms with van der Waals surface area (Å²) in [6.07, 6.45) is 5.81. The second-order valence-electron chi connectivity index (χ2n) is 9.87. The number of hydrogen-bond donors (Lipinski definition) is 1. The van der Waals surface area contributed by atoms with Crippen LogP contribution in [0, 0.1) is 24.2 Å². The molecule has 3 fully saturated rings. The SMILES string of the molecule is Cc1ccc(S(=O)(=O)N[C@H]2C[C@@H]3[C@H](C[C@]2(C)N2CCCCC2)C3(C)C)cc1. The number of nitrogens with one attached hydrogen (secondary N) is 1. The Morgan fingerprint density at radius 1 is 1.00 bits per heavy atom. The Morgan fingerprint density at radius 2 is 1.63 bits per heavy atom. The topological polar surface area (TPSA) is 49.4 Å². The number of hydrogen-bond acceptors (Lipinski definition) is 3. The van der Waals surface area contributed by atoms with Crippen LogP contribution in [0.2, 0.25) is 0 Å². The molecule has 4 atom stereocenters. The lowest BCUT2D eigenvalue weighted by Crippen LogP contribution is -2.63. The first-order valence-corrected chi connectivity index (χ1v) is 12.0. The second-order valence-corrected chi connectivity index (χ2v) is 11.6. The van der Waals surface area contributed by atoms with Crippen LogP contribution in [-0.2, 0) is 10.0 Å². The molecule has 150 valence electrons. The van der Waals surface area contributed by atoms with Crippen LogP contribution in [0.3, 0.4) is 0 Å². The molecule has 2 aliphatic carbocycles. The lowest BCUT2D eigenvalue weighted by molar-refractivity contribution is 0.0233. The minimum atomic E-state index is -3.51. The maximum absolute atomic E-state index is 13.1. The lowest BCUT2D eigenvalue weighted by atomic mass is 9.77. The Balaban J connectivity index is 1.62. The van der Waals surface area contributed by atoms with Gasteiger partial charge in [0.2, 0.25) is 10.0 Å². The fraction of sp³-hybridized carbons (Fsp3) is 0.727. The van der Waals surface area contributed by atoms with E-state index >= 15 is 0 Å². The third kappa shape index (κ3) is 3.36. The van der Waals surface area contributed by atoms with E-state index in [4.69, 9.17) is 0 Å². The molecular formula is C22H34N2O2S. The van der Waals surface area contributed by atoms with Crippen molar-refractivity contribution in [2.24, 2.45) is 17.3 Å². The number of piperidine rings is 1. The number of rotatable bonds is 4. The fourth-order valence-corrected chi connectivity index (χ4v) is 7.08. The molecule has 0 amide bonds. The summed E-state index contributed by atoms with van der Waals surface area (Å²) in [6.45, 7) is 11.2. The van der Waals surface area contributed by atoms with Crippen molar-refractivity contribution >= 4 is 10.0 Å². The van der Waals surface area contributed by atoms with Crippen molar-refractivity contribution in [1.82, 2.24) is 9.62 Å². The molecule has 1 aliphatic heterocycles. The molecule has 4 rings (SSSR count). The van der Waals surface area contributed by atoms with Crippen molar-refractivity contribution in [2.45, 2.75) is 76.3 Å². The molecule has 0 radical (unpaired) electrons. The maximum atomic E-state index is 13.1. The van der Waals surface area contributed by atoms with Crippen molar-refractivity contribution in [3.63, 3.8) is 0 Å². The van der Waals surface area contributed by atoms with E-state index in [1.807, 2.05) is 19.1 Å². The van der Waals surface area contributed by atoms with Crippen LogP contribution in [0.1, 0.15) is 58.4 Å². The highest BCUT2D eigenvalue weighted by atomic mass is 32.2. The first kappa shape index (κ1) is 19.4. The molecule has 4 nitrogen and oxygen atoms in total. The number of sulfonamides is 1. The van der Waals surface area contributed by atoms with Crippen molar-refractivity contribution in [2.75, 3.05) is 13.1 Å². The average Bonchev–Trinajstić information content (AvgIpc) is 3.15. The molecule has 1 aromatic carbocycles. The smallest absolute Gasteiger partial charge is 0.240 e. The van der Waals surface area contributed by atoms with Crippen molar-refractivity contribution < 1.29 is 8.42 Å². The Hall–Kier alpha value is -0.910. The minimum absolute atomic E-state index is 0.0232. The van der Waals surface area contributed by atoms with Crippen LogP contribution in [-0.4, -0.2) is 38.0 Å². The van der Waals surface area contributed by atoms with Gasteiger partial charge in [-0.05, 0) is 82.0 Å². The summed E-state index contributed by atoms with van der Waals surface area (Å²) < 4.78 is 29.4. The van der Waals surface area contributed by atoms with Gasteiger partial charge in [-0.3, -0.25) is 4.90 Å². The van der Waals surface area contributed by atoms with Gasteiger partial charge in [-0.2, -0.15) is 0 Å². The third-order valence-electron chi connectivity index (χ3n) is 7.87. The van der Waals surface area contributed by atoms with E-state index in [0.29, 0.717) is 16.2 Å². The van der Waals surface area contributed by atoms with Crippen LogP contribution in [0.25, 0.3) is 0 Å². The summed E-state index contributed by atoms with van der Waals surface area (Å²) in [5.41, 5.74) is 1.33. The molecule has 2 saturated carbocycles. The zero-order valence-electron chi connectivity index (χ0n) is 17.2. The van der Waals surface area contributed by atoms with Crippen LogP contribution in [0.4, 0.5) is 0 Å². The van der Waals surface area contributed by atoms with E-state index in [9.17, 15) is 8.42 Å². The number of nitrogens with zero attached hydrogens (tertiary/aromatic N) is 1.